The van der Waals surface area contributed by atoms with E-state index in [9.17, 15) is 8.42 Å². The standard InChI is InChI=1S/C11H18N2O2S2/c1-9-4-5-10(17(12,14)15)8-11(9)13-6-3-7-16-2/h4-5,8,13H,3,6-7H2,1-2H3,(H2,12,14,15). The first-order chi connectivity index (χ1) is 7.95. The molecule has 0 aliphatic rings. The first-order valence-corrected chi connectivity index (χ1v) is 8.25. The third-order valence-corrected chi connectivity index (χ3v) is 3.99. The summed E-state index contributed by atoms with van der Waals surface area (Å²) >= 11 is 1.79. The summed E-state index contributed by atoms with van der Waals surface area (Å²) in [5.41, 5.74) is 1.85. The highest BCUT2D eigenvalue weighted by Gasteiger charge is 2.09. The van der Waals surface area contributed by atoms with Crippen molar-refractivity contribution in [2.45, 2.75) is 18.2 Å². The number of rotatable bonds is 6. The highest BCUT2D eigenvalue weighted by Crippen LogP contribution is 2.19. The molecule has 0 heterocycles. The summed E-state index contributed by atoms with van der Waals surface area (Å²) in [6.45, 7) is 2.76. The van der Waals surface area contributed by atoms with Crippen molar-refractivity contribution in [3.8, 4) is 0 Å². The summed E-state index contributed by atoms with van der Waals surface area (Å²) in [6, 6.07) is 4.87. The molecule has 0 radical (unpaired) electrons. The van der Waals surface area contributed by atoms with E-state index in [-0.39, 0.29) is 4.90 Å². The fourth-order valence-electron chi connectivity index (χ4n) is 1.41. The molecule has 96 valence electrons. The Morgan fingerprint density at radius 1 is 1.41 bits per heavy atom. The van der Waals surface area contributed by atoms with Gasteiger partial charge in [-0.05, 0) is 43.0 Å². The van der Waals surface area contributed by atoms with Crippen LogP contribution >= 0.6 is 11.8 Å². The lowest BCUT2D eigenvalue weighted by Gasteiger charge is -2.10. The van der Waals surface area contributed by atoms with Crippen LogP contribution in [0.3, 0.4) is 0 Å². The smallest absolute Gasteiger partial charge is 0.238 e. The van der Waals surface area contributed by atoms with Crippen molar-refractivity contribution in [2.24, 2.45) is 5.14 Å². The Hall–Kier alpha value is -0.720. The van der Waals surface area contributed by atoms with Crippen LogP contribution in [0.25, 0.3) is 0 Å². The predicted octanol–water partition coefficient (Wildman–Crippen LogP) is 1.81. The number of hydrogen-bond donors (Lipinski definition) is 2. The number of hydrogen-bond acceptors (Lipinski definition) is 4. The van der Waals surface area contributed by atoms with Crippen LogP contribution in [0.15, 0.2) is 23.1 Å². The highest BCUT2D eigenvalue weighted by atomic mass is 32.2. The number of anilines is 1. The lowest BCUT2D eigenvalue weighted by molar-refractivity contribution is 0.598. The van der Waals surface area contributed by atoms with Gasteiger partial charge in [0.05, 0.1) is 4.90 Å². The van der Waals surface area contributed by atoms with Gasteiger partial charge in [-0.15, -0.1) is 0 Å². The van der Waals surface area contributed by atoms with Crippen LogP contribution in [0.4, 0.5) is 5.69 Å². The van der Waals surface area contributed by atoms with Gasteiger partial charge in [0.15, 0.2) is 0 Å². The van der Waals surface area contributed by atoms with E-state index in [1.54, 1.807) is 23.9 Å². The topological polar surface area (TPSA) is 72.2 Å². The van der Waals surface area contributed by atoms with E-state index in [1.807, 2.05) is 6.92 Å². The van der Waals surface area contributed by atoms with Gasteiger partial charge in [0.2, 0.25) is 10.0 Å². The summed E-state index contributed by atoms with van der Waals surface area (Å²) in [5, 5.41) is 8.32. The molecule has 6 heteroatoms. The van der Waals surface area contributed by atoms with Gasteiger partial charge in [-0.3, -0.25) is 0 Å². The van der Waals surface area contributed by atoms with E-state index in [1.165, 1.54) is 6.07 Å². The molecule has 0 aliphatic heterocycles. The number of aryl methyl sites for hydroxylation is 1. The van der Waals surface area contributed by atoms with Gasteiger partial charge in [-0.25, -0.2) is 13.6 Å². The van der Waals surface area contributed by atoms with Gasteiger partial charge in [-0.1, -0.05) is 6.07 Å². The molecular formula is C11H18N2O2S2. The van der Waals surface area contributed by atoms with Crippen LogP contribution in [0.5, 0.6) is 0 Å². The molecule has 3 N–H and O–H groups in total. The zero-order valence-corrected chi connectivity index (χ0v) is 11.7. The molecule has 0 spiro atoms. The molecule has 0 bridgehead atoms. The van der Waals surface area contributed by atoms with Crippen LogP contribution in [0, 0.1) is 6.92 Å². The van der Waals surface area contributed by atoms with Gasteiger partial charge in [0, 0.05) is 12.2 Å². The minimum Gasteiger partial charge on any atom is -0.385 e. The Kier molecular flexibility index (Phi) is 5.30. The SMILES string of the molecule is CSCCCNc1cc(S(N)(=O)=O)ccc1C. The second-order valence-corrected chi connectivity index (χ2v) is 6.34. The normalized spacial score (nSPS) is 11.5. The third-order valence-electron chi connectivity index (χ3n) is 2.38. The van der Waals surface area contributed by atoms with Gasteiger partial charge >= 0.3 is 0 Å². The minimum atomic E-state index is -3.62. The number of thioether (sulfide) groups is 1. The molecule has 0 saturated carbocycles. The van der Waals surface area contributed by atoms with Crippen LogP contribution in [0.1, 0.15) is 12.0 Å². The van der Waals surface area contributed by atoms with E-state index in [4.69, 9.17) is 5.14 Å². The monoisotopic (exact) mass is 274 g/mol. The summed E-state index contributed by atoms with van der Waals surface area (Å²) in [5.74, 6) is 1.08. The molecular weight excluding hydrogens is 256 g/mol. The van der Waals surface area contributed by atoms with Crippen molar-refractivity contribution in [1.29, 1.82) is 0 Å². The number of sulfonamides is 1. The van der Waals surface area contributed by atoms with Crippen molar-refractivity contribution >= 4 is 27.5 Å². The Morgan fingerprint density at radius 3 is 2.71 bits per heavy atom. The second kappa shape index (κ2) is 6.28. The fourth-order valence-corrected chi connectivity index (χ4v) is 2.38. The van der Waals surface area contributed by atoms with E-state index in [2.05, 4.69) is 11.6 Å². The van der Waals surface area contributed by atoms with Crippen molar-refractivity contribution in [3.05, 3.63) is 23.8 Å². The van der Waals surface area contributed by atoms with E-state index in [0.29, 0.717) is 0 Å². The zero-order chi connectivity index (χ0) is 12.9. The summed E-state index contributed by atoms with van der Waals surface area (Å²) < 4.78 is 22.4. The van der Waals surface area contributed by atoms with Gasteiger partial charge in [-0.2, -0.15) is 11.8 Å². The number of nitrogens with two attached hydrogens (primary N) is 1. The summed E-state index contributed by atoms with van der Waals surface area (Å²) in [6.07, 6.45) is 3.10. The Bertz CT molecular complexity index is 472. The maximum absolute atomic E-state index is 11.2. The molecule has 0 amide bonds. The first kappa shape index (κ1) is 14.3. The molecule has 1 rings (SSSR count). The van der Waals surface area contributed by atoms with Gasteiger partial charge in [0.1, 0.15) is 0 Å². The molecule has 0 aliphatic carbocycles. The van der Waals surface area contributed by atoms with Crippen LogP contribution in [0.2, 0.25) is 0 Å². The fraction of sp³-hybridized carbons (Fsp3) is 0.455. The lowest BCUT2D eigenvalue weighted by atomic mass is 10.2. The Labute approximate surface area is 107 Å². The number of nitrogens with one attached hydrogen (secondary N) is 1. The lowest BCUT2D eigenvalue weighted by Crippen LogP contribution is -2.13. The highest BCUT2D eigenvalue weighted by molar-refractivity contribution is 7.98. The minimum absolute atomic E-state index is 0.149. The Morgan fingerprint density at radius 2 is 2.12 bits per heavy atom. The maximum atomic E-state index is 11.2. The van der Waals surface area contributed by atoms with Crippen LogP contribution in [-0.4, -0.2) is 27.0 Å². The van der Waals surface area contributed by atoms with Crippen molar-refractivity contribution in [3.63, 3.8) is 0 Å². The molecule has 0 saturated heterocycles. The second-order valence-electron chi connectivity index (χ2n) is 3.79. The molecule has 17 heavy (non-hydrogen) atoms. The van der Waals surface area contributed by atoms with E-state index < -0.39 is 10.0 Å². The molecule has 0 unspecified atom stereocenters. The third kappa shape index (κ3) is 4.57. The molecule has 4 nitrogen and oxygen atoms in total. The molecule has 0 aromatic heterocycles. The largest absolute Gasteiger partial charge is 0.385 e. The number of benzene rings is 1. The Balaban J connectivity index is 2.77. The summed E-state index contributed by atoms with van der Waals surface area (Å²) in [7, 11) is -3.62. The van der Waals surface area contributed by atoms with Crippen LogP contribution in [-0.2, 0) is 10.0 Å². The van der Waals surface area contributed by atoms with Crippen LogP contribution < -0.4 is 10.5 Å². The summed E-state index contributed by atoms with van der Waals surface area (Å²) in [4.78, 5) is 0.149. The average Bonchev–Trinajstić information content (AvgIpc) is 2.25. The average molecular weight is 274 g/mol. The number of primary sulfonamides is 1. The molecule has 1 aromatic rings. The molecule has 0 atom stereocenters. The quantitative estimate of drug-likeness (QED) is 0.776. The zero-order valence-electron chi connectivity index (χ0n) is 10.1. The first-order valence-electron chi connectivity index (χ1n) is 5.31. The van der Waals surface area contributed by atoms with Crippen molar-refractivity contribution in [1.82, 2.24) is 0 Å². The van der Waals surface area contributed by atoms with Crippen molar-refractivity contribution in [2.75, 3.05) is 23.9 Å². The van der Waals surface area contributed by atoms with E-state index >= 15 is 0 Å². The van der Waals surface area contributed by atoms with Gasteiger partial charge in [0.25, 0.3) is 0 Å². The molecule has 0 fully saturated rings. The van der Waals surface area contributed by atoms with Crippen molar-refractivity contribution < 1.29 is 8.42 Å². The van der Waals surface area contributed by atoms with E-state index in [0.717, 1.165) is 30.0 Å². The maximum Gasteiger partial charge on any atom is 0.238 e. The molecule has 1 aromatic carbocycles. The van der Waals surface area contributed by atoms with Gasteiger partial charge < -0.3 is 5.32 Å². The predicted molar refractivity (Wildman–Crippen MR) is 74.0 cm³/mol.